The van der Waals surface area contributed by atoms with E-state index in [1.54, 1.807) is 0 Å². The van der Waals surface area contributed by atoms with Gasteiger partial charge in [0.2, 0.25) is 11.8 Å². The molecule has 0 aromatic heterocycles. The third-order valence-electron chi connectivity index (χ3n) is 9.53. The van der Waals surface area contributed by atoms with Crippen LogP contribution in [-0.2, 0) is 40.3 Å². The summed E-state index contributed by atoms with van der Waals surface area (Å²) in [5, 5.41) is 35.1. The second-order valence-corrected chi connectivity index (χ2v) is 14.7. The molecule has 0 aliphatic heterocycles. The van der Waals surface area contributed by atoms with E-state index in [1.807, 2.05) is 137 Å². The van der Waals surface area contributed by atoms with Crippen LogP contribution in [-0.4, -0.2) is 65.1 Å². The predicted molar refractivity (Wildman–Crippen MR) is 206 cm³/mol. The maximum Gasteiger partial charge on any atom is 0.408 e. The molecular weight excluding hydrogens is 684 g/mol. The monoisotopic (exact) mass is 736 g/mol. The van der Waals surface area contributed by atoms with E-state index in [0.29, 0.717) is 18.8 Å². The van der Waals surface area contributed by atoms with E-state index < -0.39 is 59.7 Å². The number of alkyl carbamates (subject to hydrolysis) is 1. The molecule has 0 saturated heterocycles. The highest BCUT2D eigenvalue weighted by Crippen LogP contribution is 2.31. The van der Waals surface area contributed by atoms with Crippen molar-refractivity contribution in [2.75, 3.05) is 6.61 Å². The summed E-state index contributed by atoms with van der Waals surface area (Å²) in [6.45, 7) is 8.11. The number of rotatable bonds is 16. The number of aliphatic hydroxyl groups is 2. The Balaban J connectivity index is 1.40. The van der Waals surface area contributed by atoms with Crippen LogP contribution in [0, 0.1) is 5.41 Å². The van der Waals surface area contributed by atoms with E-state index in [2.05, 4.69) is 21.3 Å². The summed E-state index contributed by atoms with van der Waals surface area (Å²) in [5.74, 6) is -0.387. The quantitative estimate of drug-likeness (QED) is 0.0963. The average molecular weight is 737 g/mol. The van der Waals surface area contributed by atoms with Crippen LogP contribution in [0.15, 0.2) is 109 Å². The van der Waals surface area contributed by atoms with Crippen LogP contribution >= 0.6 is 0 Å². The van der Waals surface area contributed by atoms with Crippen molar-refractivity contribution < 1.29 is 34.1 Å². The van der Waals surface area contributed by atoms with Gasteiger partial charge in [0, 0.05) is 13.0 Å². The zero-order valence-electron chi connectivity index (χ0n) is 31.3. The molecule has 4 aromatic carbocycles. The highest BCUT2D eigenvalue weighted by molar-refractivity contribution is 5.87. The van der Waals surface area contributed by atoms with E-state index in [-0.39, 0.29) is 19.6 Å². The Labute approximate surface area is 317 Å². The summed E-state index contributed by atoms with van der Waals surface area (Å²) >= 11 is 0. The van der Waals surface area contributed by atoms with Crippen LogP contribution in [0.5, 0.6) is 5.75 Å². The lowest BCUT2D eigenvalue weighted by molar-refractivity contribution is -0.131. The normalized spacial score (nSPS) is 17.3. The maximum absolute atomic E-state index is 14.3. The first-order valence-electron chi connectivity index (χ1n) is 18.4. The zero-order chi connectivity index (χ0) is 38.7. The topological polar surface area (TPSA) is 158 Å². The Morgan fingerprint density at radius 1 is 0.796 bits per heavy atom. The Morgan fingerprint density at radius 2 is 1.43 bits per heavy atom. The molecule has 286 valence electrons. The molecular formula is C43H52N4O7. The number of amides is 3. The molecule has 0 spiro atoms. The molecule has 11 nitrogen and oxygen atoms in total. The smallest absolute Gasteiger partial charge is 0.408 e. The van der Waals surface area contributed by atoms with Crippen molar-refractivity contribution in [3.05, 3.63) is 137 Å². The molecule has 6 N–H and O–H groups in total. The highest BCUT2D eigenvalue weighted by Gasteiger charge is 2.40. The van der Waals surface area contributed by atoms with Gasteiger partial charge >= 0.3 is 6.09 Å². The number of benzene rings is 4. The third-order valence-corrected chi connectivity index (χ3v) is 9.53. The highest BCUT2D eigenvalue weighted by atomic mass is 16.5. The van der Waals surface area contributed by atoms with Crippen molar-refractivity contribution in [3.63, 3.8) is 0 Å². The standard InChI is InChI=1S/C43H52N4O7/c1-5-53-32-22-20-29(21-23-32)26-44-37(40(50)46-36-33-19-13-12-18-31(33)25-35(36)48)38(49)34(24-28-14-8-6-9-15-28)45-41(51)39(43(2,3)4)47-42(52)54-27-30-16-10-7-11-17-30/h6-23,34-39,44,48-49H,5,24-27H2,1-4H3,(H,45,51)(H,46,50)(H,47,52)/t34-,35+,36-,37+,38+,39+/m0/s1. The lowest BCUT2D eigenvalue weighted by Gasteiger charge is -2.35. The number of ether oxygens (including phenoxy) is 2. The summed E-state index contributed by atoms with van der Waals surface area (Å²) in [5.41, 5.74) is 3.44. The first kappa shape index (κ1) is 40.0. The molecule has 0 fully saturated rings. The molecule has 4 aromatic rings. The third kappa shape index (κ3) is 10.9. The average Bonchev–Trinajstić information content (AvgIpc) is 3.47. The molecule has 54 heavy (non-hydrogen) atoms. The number of carbonyl (C=O) groups is 3. The van der Waals surface area contributed by atoms with Crippen molar-refractivity contribution in [2.45, 2.75) is 90.1 Å². The van der Waals surface area contributed by atoms with Gasteiger partial charge in [0.05, 0.1) is 30.9 Å². The van der Waals surface area contributed by atoms with Gasteiger partial charge in [-0.05, 0) is 58.7 Å². The number of hydrogen-bond acceptors (Lipinski definition) is 8. The summed E-state index contributed by atoms with van der Waals surface area (Å²) in [6.07, 6.45) is -2.52. The zero-order valence-corrected chi connectivity index (χ0v) is 31.3. The fourth-order valence-electron chi connectivity index (χ4n) is 6.64. The number of aliphatic hydroxyl groups excluding tert-OH is 2. The minimum Gasteiger partial charge on any atom is -0.494 e. The molecule has 1 aliphatic carbocycles. The van der Waals surface area contributed by atoms with Crippen LogP contribution in [0.25, 0.3) is 0 Å². The van der Waals surface area contributed by atoms with Crippen LogP contribution in [0.2, 0.25) is 0 Å². The number of hydrogen-bond donors (Lipinski definition) is 6. The van der Waals surface area contributed by atoms with Gasteiger partial charge in [-0.1, -0.05) is 118 Å². The van der Waals surface area contributed by atoms with E-state index in [9.17, 15) is 24.6 Å². The van der Waals surface area contributed by atoms with Crippen molar-refractivity contribution >= 4 is 17.9 Å². The first-order valence-corrected chi connectivity index (χ1v) is 18.4. The number of carbonyl (C=O) groups excluding carboxylic acids is 3. The van der Waals surface area contributed by atoms with E-state index in [1.165, 1.54) is 0 Å². The Kier molecular flexibility index (Phi) is 13.8. The summed E-state index contributed by atoms with van der Waals surface area (Å²) < 4.78 is 11.0. The number of nitrogens with one attached hydrogen (secondary N) is 4. The molecule has 1 aliphatic rings. The van der Waals surface area contributed by atoms with Gasteiger partial charge in [0.1, 0.15) is 24.4 Å². The van der Waals surface area contributed by atoms with Crippen LogP contribution in [0.3, 0.4) is 0 Å². The van der Waals surface area contributed by atoms with E-state index in [0.717, 1.165) is 27.8 Å². The molecule has 11 heteroatoms. The number of fused-ring (bicyclic) bond motifs is 1. The molecule has 0 unspecified atom stereocenters. The van der Waals surface area contributed by atoms with Gasteiger partial charge in [-0.3, -0.25) is 14.9 Å². The Bertz CT molecular complexity index is 1820. The van der Waals surface area contributed by atoms with Gasteiger partial charge < -0.3 is 35.6 Å². The minimum atomic E-state index is -1.46. The van der Waals surface area contributed by atoms with Crippen LogP contribution in [0.4, 0.5) is 4.79 Å². The Hall–Kier alpha value is -5.23. The minimum absolute atomic E-state index is 0.0253. The molecule has 0 radical (unpaired) electrons. The van der Waals surface area contributed by atoms with Gasteiger partial charge in [0.25, 0.3) is 0 Å². The second-order valence-electron chi connectivity index (χ2n) is 14.7. The first-order chi connectivity index (χ1) is 25.9. The van der Waals surface area contributed by atoms with Gasteiger partial charge in [-0.15, -0.1) is 0 Å². The molecule has 6 atom stereocenters. The molecule has 0 heterocycles. The lowest BCUT2D eigenvalue weighted by Crippen LogP contribution is -2.62. The summed E-state index contributed by atoms with van der Waals surface area (Å²) in [7, 11) is 0. The summed E-state index contributed by atoms with van der Waals surface area (Å²) in [6, 6.07) is 29.5. The SMILES string of the molecule is CCOc1ccc(CN[C@@H](C(=O)N[C@H]2c3ccccc3C[C@H]2O)[C@H](O)[C@H](Cc2ccccc2)NC(=O)[C@@H](NC(=O)OCc2ccccc2)C(C)(C)C)cc1. The lowest BCUT2D eigenvalue weighted by atomic mass is 9.85. The van der Waals surface area contributed by atoms with Crippen molar-refractivity contribution in [1.82, 2.24) is 21.3 Å². The van der Waals surface area contributed by atoms with E-state index in [4.69, 9.17) is 9.47 Å². The van der Waals surface area contributed by atoms with Crippen molar-refractivity contribution in [1.29, 1.82) is 0 Å². The van der Waals surface area contributed by atoms with Crippen molar-refractivity contribution in [3.8, 4) is 5.75 Å². The summed E-state index contributed by atoms with van der Waals surface area (Å²) in [4.78, 5) is 41.4. The van der Waals surface area contributed by atoms with Gasteiger partial charge in [0.15, 0.2) is 0 Å². The largest absolute Gasteiger partial charge is 0.494 e. The molecule has 5 rings (SSSR count). The Morgan fingerprint density at radius 3 is 2.07 bits per heavy atom. The molecule has 3 amide bonds. The van der Waals surface area contributed by atoms with E-state index >= 15 is 0 Å². The van der Waals surface area contributed by atoms with Crippen molar-refractivity contribution in [2.24, 2.45) is 5.41 Å². The van der Waals surface area contributed by atoms with Crippen LogP contribution < -0.4 is 26.0 Å². The second kappa shape index (κ2) is 18.7. The van der Waals surface area contributed by atoms with Gasteiger partial charge in [-0.2, -0.15) is 0 Å². The maximum atomic E-state index is 14.3. The van der Waals surface area contributed by atoms with Gasteiger partial charge in [-0.25, -0.2) is 4.79 Å². The van der Waals surface area contributed by atoms with Crippen LogP contribution in [0.1, 0.15) is 61.6 Å². The molecule has 0 bridgehead atoms. The predicted octanol–water partition coefficient (Wildman–Crippen LogP) is 4.75. The molecule has 0 saturated carbocycles. The fourth-order valence-corrected chi connectivity index (χ4v) is 6.64. The fraction of sp³-hybridized carbons (Fsp3) is 0.372.